The number of amides is 1. The molecule has 0 aliphatic carbocycles. The summed E-state index contributed by atoms with van der Waals surface area (Å²) in [6.45, 7) is 1.05. The maximum Gasteiger partial charge on any atom is 0.220 e. The fourth-order valence-corrected chi connectivity index (χ4v) is 3.48. The fraction of sp³-hybridized carbons (Fsp3) is 0.320. The number of likely N-dealkylation sites (N-methyl/N-ethyl adjacent to an activating group) is 1. The van der Waals surface area contributed by atoms with Gasteiger partial charge in [0.05, 0.1) is 19.8 Å². The minimum Gasteiger partial charge on any atom is -0.497 e. The quantitative estimate of drug-likeness (QED) is 0.506. The van der Waals surface area contributed by atoms with Gasteiger partial charge in [-0.15, -0.1) is 0 Å². The third-order valence-electron chi connectivity index (χ3n) is 5.15. The van der Waals surface area contributed by atoms with Gasteiger partial charge in [-0.3, -0.25) is 4.79 Å². The Morgan fingerprint density at radius 2 is 1.80 bits per heavy atom. The van der Waals surface area contributed by atoms with Gasteiger partial charge in [-0.25, -0.2) is 0 Å². The van der Waals surface area contributed by atoms with Crippen molar-refractivity contribution >= 4 is 16.7 Å². The van der Waals surface area contributed by atoms with Crippen LogP contribution in [0.5, 0.6) is 11.5 Å². The molecule has 0 saturated carbocycles. The van der Waals surface area contributed by atoms with E-state index in [9.17, 15) is 4.79 Å². The number of carbonyl (C=O) groups is 1. The standard InChI is InChI=1S/C25H30N2O3/c1-27(2)23(20-11-6-12-21(17-20)29-3)18-26-25(28)15-8-16-30-24-14-7-10-19-9-4-5-13-22(19)24/h4-7,9-14,17,23H,8,15-16,18H2,1-3H3,(H,26,28). The monoisotopic (exact) mass is 406 g/mol. The first-order valence-electron chi connectivity index (χ1n) is 10.3. The fourth-order valence-electron chi connectivity index (χ4n) is 3.48. The van der Waals surface area contributed by atoms with Gasteiger partial charge in [-0.05, 0) is 49.7 Å². The Bertz CT molecular complexity index is 966. The van der Waals surface area contributed by atoms with Gasteiger partial charge in [-0.1, -0.05) is 48.5 Å². The second-order valence-electron chi connectivity index (χ2n) is 7.49. The molecule has 0 aliphatic heterocycles. The summed E-state index contributed by atoms with van der Waals surface area (Å²) >= 11 is 0. The van der Waals surface area contributed by atoms with Crippen molar-refractivity contribution in [1.29, 1.82) is 0 Å². The molecule has 3 rings (SSSR count). The van der Waals surface area contributed by atoms with E-state index < -0.39 is 0 Å². The summed E-state index contributed by atoms with van der Waals surface area (Å²) in [7, 11) is 5.68. The summed E-state index contributed by atoms with van der Waals surface area (Å²) in [6, 6.07) is 22.2. The van der Waals surface area contributed by atoms with Gasteiger partial charge in [0.1, 0.15) is 11.5 Å². The average Bonchev–Trinajstić information content (AvgIpc) is 2.77. The lowest BCUT2D eigenvalue weighted by molar-refractivity contribution is -0.121. The predicted octanol–water partition coefficient (Wildman–Crippen LogP) is 4.43. The van der Waals surface area contributed by atoms with Crippen molar-refractivity contribution in [2.45, 2.75) is 18.9 Å². The number of rotatable bonds is 10. The van der Waals surface area contributed by atoms with Crippen LogP contribution in [0.15, 0.2) is 66.7 Å². The first-order chi connectivity index (χ1) is 14.6. The second kappa shape index (κ2) is 10.6. The lowest BCUT2D eigenvalue weighted by Crippen LogP contribution is -2.34. The minimum absolute atomic E-state index is 0.0336. The van der Waals surface area contributed by atoms with Crippen LogP contribution in [0, 0.1) is 0 Å². The zero-order valence-corrected chi connectivity index (χ0v) is 17.9. The zero-order valence-electron chi connectivity index (χ0n) is 17.9. The smallest absolute Gasteiger partial charge is 0.220 e. The predicted molar refractivity (Wildman–Crippen MR) is 121 cm³/mol. The largest absolute Gasteiger partial charge is 0.497 e. The maximum absolute atomic E-state index is 12.3. The van der Waals surface area contributed by atoms with E-state index in [-0.39, 0.29) is 11.9 Å². The van der Waals surface area contributed by atoms with E-state index >= 15 is 0 Å². The van der Waals surface area contributed by atoms with Crippen LogP contribution in [0.3, 0.4) is 0 Å². The van der Waals surface area contributed by atoms with Crippen molar-refractivity contribution in [3.8, 4) is 11.5 Å². The number of benzene rings is 3. The second-order valence-corrected chi connectivity index (χ2v) is 7.49. The van der Waals surface area contributed by atoms with Gasteiger partial charge in [0.25, 0.3) is 0 Å². The Morgan fingerprint density at radius 3 is 2.60 bits per heavy atom. The van der Waals surface area contributed by atoms with Crippen molar-refractivity contribution in [2.24, 2.45) is 0 Å². The van der Waals surface area contributed by atoms with Gasteiger partial charge >= 0.3 is 0 Å². The first-order valence-corrected chi connectivity index (χ1v) is 10.3. The summed E-state index contributed by atoms with van der Waals surface area (Å²) in [4.78, 5) is 14.4. The van der Waals surface area contributed by atoms with Crippen molar-refractivity contribution in [3.63, 3.8) is 0 Å². The van der Waals surface area contributed by atoms with Gasteiger partial charge in [0.15, 0.2) is 0 Å². The molecule has 3 aromatic rings. The number of hydrogen-bond donors (Lipinski definition) is 1. The Balaban J connectivity index is 1.46. The van der Waals surface area contributed by atoms with E-state index in [0.29, 0.717) is 26.0 Å². The van der Waals surface area contributed by atoms with Crippen LogP contribution in [0.4, 0.5) is 0 Å². The van der Waals surface area contributed by atoms with Gasteiger partial charge in [-0.2, -0.15) is 0 Å². The lowest BCUT2D eigenvalue weighted by Gasteiger charge is -2.25. The third-order valence-corrected chi connectivity index (χ3v) is 5.15. The number of nitrogens with one attached hydrogen (secondary N) is 1. The molecule has 158 valence electrons. The zero-order chi connectivity index (χ0) is 21.3. The highest BCUT2D eigenvalue weighted by molar-refractivity contribution is 5.88. The maximum atomic E-state index is 12.3. The highest BCUT2D eigenvalue weighted by Crippen LogP contribution is 2.25. The van der Waals surface area contributed by atoms with E-state index in [4.69, 9.17) is 9.47 Å². The third kappa shape index (κ3) is 5.74. The van der Waals surface area contributed by atoms with Crippen molar-refractivity contribution < 1.29 is 14.3 Å². The number of nitrogens with zero attached hydrogens (tertiary/aromatic N) is 1. The van der Waals surface area contributed by atoms with Crippen molar-refractivity contribution in [1.82, 2.24) is 10.2 Å². The van der Waals surface area contributed by atoms with E-state index in [1.165, 1.54) is 0 Å². The molecule has 0 radical (unpaired) electrons. The molecule has 30 heavy (non-hydrogen) atoms. The Kier molecular flexibility index (Phi) is 7.69. The highest BCUT2D eigenvalue weighted by Gasteiger charge is 2.16. The molecule has 0 aromatic heterocycles. The highest BCUT2D eigenvalue weighted by atomic mass is 16.5. The number of fused-ring (bicyclic) bond motifs is 1. The van der Waals surface area contributed by atoms with E-state index in [1.54, 1.807) is 7.11 Å². The molecule has 3 aromatic carbocycles. The molecule has 0 bridgehead atoms. The van der Waals surface area contributed by atoms with E-state index in [1.807, 2.05) is 56.6 Å². The number of carbonyl (C=O) groups excluding carboxylic acids is 1. The molecule has 1 unspecified atom stereocenters. The Hall–Kier alpha value is -3.05. The molecule has 0 heterocycles. The number of hydrogen-bond acceptors (Lipinski definition) is 4. The molecule has 1 amide bonds. The average molecular weight is 407 g/mol. The van der Waals surface area contributed by atoms with Crippen molar-refractivity contribution in [3.05, 3.63) is 72.3 Å². The Labute approximate surface area is 178 Å². The summed E-state index contributed by atoms with van der Waals surface area (Å²) in [5, 5.41) is 5.30. The van der Waals surface area contributed by atoms with E-state index in [0.717, 1.165) is 27.8 Å². The lowest BCUT2D eigenvalue weighted by atomic mass is 10.1. The first kappa shape index (κ1) is 21.7. The molecule has 0 spiro atoms. The summed E-state index contributed by atoms with van der Waals surface area (Å²) in [6.07, 6.45) is 1.10. The molecule has 0 saturated heterocycles. The van der Waals surface area contributed by atoms with Crippen LogP contribution < -0.4 is 14.8 Å². The summed E-state index contributed by atoms with van der Waals surface area (Å²) in [5.41, 5.74) is 1.11. The molecule has 5 heteroatoms. The molecular formula is C25H30N2O3. The van der Waals surface area contributed by atoms with Crippen LogP contribution in [0.25, 0.3) is 10.8 Å². The molecule has 1 atom stereocenters. The molecular weight excluding hydrogens is 376 g/mol. The Morgan fingerprint density at radius 1 is 1.03 bits per heavy atom. The summed E-state index contributed by atoms with van der Waals surface area (Å²) in [5.74, 6) is 1.71. The van der Waals surface area contributed by atoms with Crippen molar-refractivity contribution in [2.75, 3.05) is 34.4 Å². The molecule has 5 nitrogen and oxygen atoms in total. The van der Waals surface area contributed by atoms with Crippen LogP contribution in [-0.4, -0.2) is 45.2 Å². The van der Waals surface area contributed by atoms with Crippen LogP contribution in [0.2, 0.25) is 0 Å². The molecule has 1 N–H and O–H groups in total. The van der Waals surface area contributed by atoms with Gasteiger partial charge in [0.2, 0.25) is 5.91 Å². The normalized spacial score (nSPS) is 12.0. The van der Waals surface area contributed by atoms with Crippen LogP contribution >= 0.6 is 0 Å². The SMILES string of the molecule is COc1cccc(C(CNC(=O)CCCOc2cccc3ccccc23)N(C)C)c1. The van der Waals surface area contributed by atoms with Gasteiger partial charge in [0, 0.05) is 18.4 Å². The number of ether oxygens (including phenoxy) is 2. The van der Waals surface area contributed by atoms with Gasteiger partial charge < -0.3 is 19.7 Å². The van der Waals surface area contributed by atoms with Crippen LogP contribution in [-0.2, 0) is 4.79 Å². The summed E-state index contributed by atoms with van der Waals surface area (Å²) < 4.78 is 11.2. The molecule has 0 fully saturated rings. The van der Waals surface area contributed by atoms with E-state index in [2.05, 4.69) is 34.5 Å². The minimum atomic E-state index is 0.0336. The van der Waals surface area contributed by atoms with Crippen LogP contribution in [0.1, 0.15) is 24.4 Å². The topological polar surface area (TPSA) is 50.8 Å². The molecule has 0 aliphatic rings. The number of methoxy groups -OCH3 is 1.